The maximum Gasteiger partial charge on any atom is 0.413 e. The second-order valence-electron chi connectivity index (χ2n) is 5.71. The first-order valence-corrected chi connectivity index (χ1v) is 6.72. The van der Waals surface area contributed by atoms with Crippen LogP contribution in [0.5, 0.6) is 0 Å². The summed E-state index contributed by atoms with van der Waals surface area (Å²) in [4.78, 5) is 26.9. The largest absolute Gasteiger partial charge is 0.445 e. The van der Waals surface area contributed by atoms with Gasteiger partial charge in [-0.2, -0.15) is 10.1 Å². The molecule has 0 saturated carbocycles. The highest BCUT2D eigenvalue weighted by atomic mass is 16.6. The van der Waals surface area contributed by atoms with Gasteiger partial charge in [0.05, 0.1) is 0 Å². The van der Waals surface area contributed by atoms with Crippen molar-refractivity contribution in [1.82, 2.24) is 14.8 Å². The van der Waals surface area contributed by atoms with Crippen LogP contribution in [0.1, 0.15) is 44.1 Å². The molecule has 0 aromatic carbocycles. The van der Waals surface area contributed by atoms with E-state index in [1.165, 1.54) is 17.9 Å². The predicted molar refractivity (Wildman–Crippen MR) is 77.7 cm³/mol. The van der Waals surface area contributed by atoms with Gasteiger partial charge in [0.15, 0.2) is 11.6 Å². The second kappa shape index (κ2) is 6.00. The van der Waals surface area contributed by atoms with E-state index in [2.05, 4.69) is 15.4 Å². The van der Waals surface area contributed by atoms with Gasteiger partial charge in [-0.3, -0.25) is 14.8 Å². The number of anilines is 1. The molecule has 1 N–H and O–H groups in total. The summed E-state index contributed by atoms with van der Waals surface area (Å²) >= 11 is 0. The topological polar surface area (TPSA) is 99.2 Å². The van der Waals surface area contributed by atoms with E-state index in [1.807, 2.05) is 0 Å². The second-order valence-corrected chi connectivity index (χ2v) is 5.71. The maximum atomic E-state index is 11.6. The Kier molecular flexibility index (Phi) is 4.30. The van der Waals surface area contributed by atoms with Crippen molar-refractivity contribution in [1.29, 1.82) is 0 Å². The summed E-state index contributed by atoms with van der Waals surface area (Å²) in [7, 11) is 0. The lowest BCUT2D eigenvalue weighted by atomic mass is 10.2. The number of hydrogen-bond acceptors (Lipinski definition) is 6. The van der Waals surface area contributed by atoms with Gasteiger partial charge in [-0.15, -0.1) is 0 Å². The number of oxazole rings is 1. The van der Waals surface area contributed by atoms with Crippen LogP contribution in [0.4, 0.5) is 10.6 Å². The third kappa shape index (κ3) is 4.44. The summed E-state index contributed by atoms with van der Waals surface area (Å²) in [6.07, 6.45) is 2.36. The Balaban J connectivity index is 1.96. The lowest BCUT2D eigenvalue weighted by Gasteiger charge is -2.18. The number of amides is 1. The van der Waals surface area contributed by atoms with Gasteiger partial charge in [-0.05, 0) is 26.8 Å². The fourth-order valence-corrected chi connectivity index (χ4v) is 1.63. The highest BCUT2D eigenvalue weighted by molar-refractivity contribution is 5.91. The maximum absolute atomic E-state index is 11.6. The van der Waals surface area contributed by atoms with Crippen molar-refractivity contribution in [3.8, 4) is 0 Å². The van der Waals surface area contributed by atoms with Gasteiger partial charge in [0.1, 0.15) is 24.1 Å². The van der Waals surface area contributed by atoms with Crippen molar-refractivity contribution < 1.29 is 18.7 Å². The smallest absolute Gasteiger partial charge is 0.413 e. The molecular weight excluding hydrogens is 288 g/mol. The third-order valence-corrected chi connectivity index (χ3v) is 2.48. The number of Topliss-reactive ketones (excluding diaryl/α,β-unsaturated/α-hetero) is 1. The summed E-state index contributed by atoms with van der Waals surface area (Å²) in [5.74, 6) is 0.492. The predicted octanol–water partition coefficient (Wildman–Crippen LogP) is 2.47. The molecule has 2 rings (SSSR count). The van der Waals surface area contributed by atoms with Gasteiger partial charge >= 0.3 is 6.09 Å². The van der Waals surface area contributed by atoms with E-state index in [0.29, 0.717) is 11.6 Å². The fraction of sp³-hybridized carbons (Fsp3) is 0.429. The van der Waals surface area contributed by atoms with Crippen LogP contribution in [0, 0.1) is 0 Å². The molecule has 118 valence electrons. The molecule has 0 aliphatic heterocycles. The van der Waals surface area contributed by atoms with Crippen LogP contribution < -0.4 is 5.32 Å². The first kappa shape index (κ1) is 15.7. The van der Waals surface area contributed by atoms with Gasteiger partial charge in [0.2, 0.25) is 5.89 Å². The lowest BCUT2D eigenvalue weighted by molar-refractivity contribution is 0.0635. The van der Waals surface area contributed by atoms with Crippen molar-refractivity contribution in [3.05, 3.63) is 30.1 Å². The average molecular weight is 306 g/mol. The summed E-state index contributed by atoms with van der Waals surface area (Å²) in [5.41, 5.74) is -0.215. The minimum atomic E-state index is -0.606. The van der Waals surface area contributed by atoms with Crippen molar-refractivity contribution in [2.75, 3.05) is 5.32 Å². The van der Waals surface area contributed by atoms with Crippen LogP contribution in [0.3, 0.4) is 0 Å². The Hall–Kier alpha value is -2.64. The number of nitrogens with one attached hydrogen (secondary N) is 1. The Labute approximate surface area is 127 Å². The van der Waals surface area contributed by atoms with Gasteiger partial charge in [0, 0.05) is 13.1 Å². The van der Waals surface area contributed by atoms with Crippen LogP contribution in [-0.4, -0.2) is 32.2 Å². The number of carbonyl (C=O) groups is 2. The van der Waals surface area contributed by atoms with Crippen LogP contribution in [0.25, 0.3) is 0 Å². The molecule has 0 fully saturated rings. The first-order valence-electron chi connectivity index (χ1n) is 6.72. The van der Waals surface area contributed by atoms with E-state index in [0.717, 1.165) is 0 Å². The van der Waals surface area contributed by atoms with E-state index >= 15 is 0 Å². The Morgan fingerprint density at radius 1 is 1.41 bits per heavy atom. The number of rotatable bonds is 4. The summed E-state index contributed by atoms with van der Waals surface area (Å²) in [5, 5.41) is 6.56. The van der Waals surface area contributed by atoms with Crippen molar-refractivity contribution in [2.45, 2.75) is 39.8 Å². The van der Waals surface area contributed by atoms with Crippen molar-refractivity contribution in [3.63, 3.8) is 0 Å². The summed E-state index contributed by atoms with van der Waals surface area (Å²) in [6, 6.07) is 1.62. The Bertz CT molecular complexity index is 681. The number of aromatic nitrogens is 3. The van der Waals surface area contributed by atoms with E-state index in [1.54, 1.807) is 33.0 Å². The zero-order valence-electron chi connectivity index (χ0n) is 12.9. The molecule has 0 aliphatic carbocycles. The number of hydrogen-bond donors (Lipinski definition) is 1. The number of nitrogens with zero attached hydrogens (tertiary/aromatic N) is 3. The summed E-state index contributed by atoms with van der Waals surface area (Å²) in [6.45, 7) is 7.01. The molecule has 0 bridgehead atoms. The molecule has 8 nitrogen and oxygen atoms in total. The SMILES string of the molecule is CC(=O)c1ccn(Cc2nc(NC(=O)OC(C)(C)C)co2)n1. The van der Waals surface area contributed by atoms with E-state index in [9.17, 15) is 9.59 Å². The molecule has 2 aromatic rings. The molecule has 0 spiro atoms. The highest BCUT2D eigenvalue weighted by Gasteiger charge is 2.17. The van der Waals surface area contributed by atoms with Crippen molar-refractivity contribution >= 4 is 17.7 Å². The number of carbonyl (C=O) groups excluding carboxylic acids is 2. The quantitative estimate of drug-likeness (QED) is 0.871. The van der Waals surface area contributed by atoms with Gasteiger partial charge < -0.3 is 9.15 Å². The number of ketones is 1. The van der Waals surface area contributed by atoms with Gasteiger partial charge in [-0.25, -0.2) is 4.79 Å². The zero-order chi connectivity index (χ0) is 16.3. The minimum absolute atomic E-state index is 0.113. The lowest BCUT2D eigenvalue weighted by Crippen LogP contribution is -2.27. The molecule has 1 amide bonds. The third-order valence-electron chi connectivity index (χ3n) is 2.48. The molecule has 0 aliphatic rings. The standard InChI is InChI=1S/C14H18N4O4/c1-9(19)10-5-6-18(17-10)7-12-15-11(8-21-12)16-13(20)22-14(2,3)4/h5-6,8H,7H2,1-4H3,(H,16,20). The average Bonchev–Trinajstić information content (AvgIpc) is 2.97. The van der Waals surface area contributed by atoms with E-state index in [4.69, 9.17) is 9.15 Å². The zero-order valence-corrected chi connectivity index (χ0v) is 12.9. The molecule has 0 radical (unpaired) electrons. The molecule has 22 heavy (non-hydrogen) atoms. The minimum Gasteiger partial charge on any atom is -0.445 e. The van der Waals surface area contributed by atoms with E-state index < -0.39 is 11.7 Å². The molecular formula is C14H18N4O4. The normalized spacial score (nSPS) is 11.3. The Morgan fingerprint density at radius 2 is 2.14 bits per heavy atom. The highest BCUT2D eigenvalue weighted by Crippen LogP contribution is 2.12. The van der Waals surface area contributed by atoms with Crippen LogP contribution >= 0.6 is 0 Å². The summed E-state index contributed by atoms with van der Waals surface area (Å²) < 4.78 is 11.9. The molecule has 0 unspecified atom stereocenters. The van der Waals surface area contributed by atoms with Gasteiger partial charge in [-0.1, -0.05) is 0 Å². The first-order chi connectivity index (χ1) is 10.2. The molecule has 8 heteroatoms. The van der Waals surface area contributed by atoms with Gasteiger partial charge in [0.25, 0.3) is 0 Å². The van der Waals surface area contributed by atoms with Crippen LogP contribution in [-0.2, 0) is 11.3 Å². The monoisotopic (exact) mass is 306 g/mol. The molecule has 2 aromatic heterocycles. The fourth-order valence-electron chi connectivity index (χ4n) is 1.63. The molecule has 0 atom stereocenters. The molecule has 0 saturated heterocycles. The van der Waals surface area contributed by atoms with E-state index in [-0.39, 0.29) is 18.1 Å². The Morgan fingerprint density at radius 3 is 2.73 bits per heavy atom. The molecule has 2 heterocycles. The van der Waals surface area contributed by atoms with Crippen molar-refractivity contribution in [2.24, 2.45) is 0 Å². The van der Waals surface area contributed by atoms with Crippen LogP contribution in [0.15, 0.2) is 22.9 Å². The number of ether oxygens (including phenoxy) is 1. The van der Waals surface area contributed by atoms with Crippen LogP contribution in [0.2, 0.25) is 0 Å².